The summed E-state index contributed by atoms with van der Waals surface area (Å²) in [6, 6.07) is 12.7. The second kappa shape index (κ2) is 12.4. The van der Waals surface area contributed by atoms with Crippen LogP contribution in [0.1, 0.15) is 49.8 Å². The molecule has 0 saturated carbocycles. The number of nitrogens with zero attached hydrogens (tertiary/aromatic N) is 1. The largest absolute Gasteiger partial charge is 0.484 e. The van der Waals surface area contributed by atoms with Gasteiger partial charge in [0.1, 0.15) is 11.8 Å². The van der Waals surface area contributed by atoms with Gasteiger partial charge in [-0.25, -0.2) is 0 Å². The van der Waals surface area contributed by atoms with Crippen molar-refractivity contribution < 1.29 is 14.3 Å². The molecule has 31 heavy (non-hydrogen) atoms. The minimum atomic E-state index is -0.555. The Bertz CT molecular complexity index is 885. The SMILES string of the molecule is CCCCNC(=O)[C@H](CC)N(Cc1cccc(C)c1)C(=O)COc1ccc(Cl)c(C)c1. The number of rotatable bonds is 11. The van der Waals surface area contributed by atoms with Crippen molar-refractivity contribution in [2.24, 2.45) is 0 Å². The molecule has 0 aromatic heterocycles. The van der Waals surface area contributed by atoms with Gasteiger partial charge in [-0.15, -0.1) is 0 Å². The quantitative estimate of drug-likeness (QED) is 0.493. The lowest BCUT2D eigenvalue weighted by atomic mass is 10.1. The number of unbranched alkanes of at least 4 members (excludes halogenated alkanes) is 1. The highest BCUT2D eigenvalue weighted by Crippen LogP contribution is 2.21. The summed E-state index contributed by atoms with van der Waals surface area (Å²) in [5, 5.41) is 3.61. The zero-order valence-electron chi connectivity index (χ0n) is 18.9. The summed E-state index contributed by atoms with van der Waals surface area (Å²) >= 11 is 6.07. The second-order valence-electron chi connectivity index (χ2n) is 7.78. The maximum Gasteiger partial charge on any atom is 0.261 e. The smallest absolute Gasteiger partial charge is 0.261 e. The number of hydrogen-bond donors (Lipinski definition) is 1. The molecule has 0 aliphatic heterocycles. The number of nitrogens with one attached hydrogen (secondary N) is 1. The van der Waals surface area contributed by atoms with Crippen LogP contribution in [0, 0.1) is 13.8 Å². The molecule has 5 nitrogen and oxygen atoms in total. The van der Waals surface area contributed by atoms with Gasteiger partial charge in [0.2, 0.25) is 5.91 Å². The molecule has 0 radical (unpaired) electrons. The molecule has 6 heteroatoms. The van der Waals surface area contributed by atoms with Gasteiger partial charge in [0.05, 0.1) is 0 Å². The van der Waals surface area contributed by atoms with Gasteiger partial charge in [-0.2, -0.15) is 0 Å². The summed E-state index contributed by atoms with van der Waals surface area (Å²) in [5.41, 5.74) is 2.97. The molecule has 2 amide bonds. The van der Waals surface area contributed by atoms with E-state index in [2.05, 4.69) is 12.2 Å². The van der Waals surface area contributed by atoms with Crippen LogP contribution in [0.3, 0.4) is 0 Å². The number of benzene rings is 2. The lowest BCUT2D eigenvalue weighted by molar-refractivity contribution is -0.143. The Hall–Kier alpha value is -2.53. The van der Waals surface area contributed by atoms with Gasteiger partial charge in [-0.3, -0.25) is 9.59 Å². The molecule has 1 atom stereocenters. The highest BCUT2D eigenvalue weighted by molar-refractivity contribution is 6.31. The summed E-state index contributed by atoms with van der Waals surface area (Å²) in [6.07, 6.45) is 2.43. The van der Waals surface area contributed by atoms with Crippen LogP contribution in [-0.4, -0.2) is 35.9 Å². The predicted octanol–water partition coefficient (Wildman–Crippen LogP) is 5.06. The first kappa shape index (κ1) is 24.7. The predicted molar refractivity (Wildman–Crippen MR) is 125 cm³/mol. The van der Waals surface area contributed by atoms with Crippen molar-refractivity contribution in [3.8, 4) is 5.75 Å². The number of halogens is 1. The van der Waals surface area contributed by atoms with E-state index in [4.69, 9.17) is 16.3 Å². The Morgan fingerprint density at radius 2 is 1.90 bits per heavy atom. The summed E-state index contributed by atoms with van der Waals surface area (Å²) < 4.78 is 5.74. The average Bonchev–Trinajstić information content (AvgIpc) is 2.74. The minimum Gasteiger partial charge on any atom is -0.484 e. The number of aryl methyl sites for hydroxylation is 2. The molecule has 0 saturated heterocycles. The molecule has 0 aliphatic carbocycles. The fourth-order valence-electron chi connectivity index (χ4n) is 3.37. The molecule has 168 valence electrons. The van der Waals surface area contributed by atoms with Crippen LogP contribution in [0.2, 0.25) is 5.02 Å². The van der Waals surface area contributed by atoms with E-state index in [1.165, 1.54) is 0 Å². The van der Waals surface area contributed by atoms with Gasteiger partial charge in [0, 0.05) is 18.1 Å². The molecular weight excluding hydrogens is 412 g/mol. The number of ether oxygens (including phenoxy) is 1. The maximum absolute atomic E-state index is 13.2. The Kier molecular flexibility index (Phi) is 9.86. The number of amides is 2. The second-order valence-corrected chi connectivity index (χ2v) is 8.19. The van der Waals surface area contributed by atoms with Gasteiger partial charge in [-0.05, 0) is 56.0 Å². The number of hydrogen-bond acceptors (Lipinski definition) is 3. The van der Waals surface area contributed by atoms with Crippen LogP contribution in [0.15, 0.2) is 42.5 Å². The number of carbonyl (C=O) groups excluding carboxylic acids is 2. The van der Waals surface area contributed by atoms with Crippen LogP contribution in [0.4, 0.5) is 0 Å². The van der Waals surface area contributed by atoms with Crippen molar-refractivity contribution in [2.45, 2.75) is 59.5 Å². The monoisotopic (exact) mass is 444 g/mol. The van der Waals surface area contributed by atoms with Crippen LogP contribution < -0.4 is 10.1 Å². The highest BCUT2D eigenvalue weighted by Gasteiger charge is 2.28. The van der Waals surface area contributed by atoms with Gasteiger partial charge < -0.3 is 15.0 Å². The van der Waals surface area contributed by atoms with E-state index in [9.17, 15) is 9.59 Å². The summed E-state index contributed by atoms with van der Waals surface area (Å²) in [6.45, 7) is 8.70. The third-order valence-corrected chi connectivity index (χ3v) is 5.57. The fraction of sp³-hybridized carbons (Fsp3) is 0.440. The van der Waals surface area contributed by atoms with E-state index >= 15 is 0 Å². The average molecular weight is 445 g/mol. The molecular formula is C25H33ClN2O3. The van der Waals surface area contributed by atoms with E-state index in [1.54, 1.807) is 23.1 Å². The van der Waals surface area contributed by atoms with Gasteiger partial charge >= 0.3 is 0 Å². The molecule has 0 fully saturated rings. The van der Waals surface area contributed by atoms with Crippen molar-refractivity contribution in [1.29, 1.82) is 0 Å². The van der Waals surface area contributed by atoms with Crippen LogP contribution in [-0.2, 0) is 16.1 Å². The van der Waals surface area contributed by atoms with Crippen molar-refractivity contribution in [3.63, 3.8) is 0 Å². The first-order valence-corrected chi connectivity index (χ1v) is 11.2. The van der Waals surface area contributed by atoms with E-state index in [0.717, 1.165) is 29.5 Å². The molecule has 0 unspecified atom stereocenters. The summed E-state index contributed by atoms with van der Waals surface area (Å²) in [4.78, 5) is 27.7. The standard InChI is InChI=1S/C25H33ClN2O3/c1-5-7-13-27-25(30)23(6-2)28(16-20-10-8-9-18(3)14-20)24(29)17-31-21-11-12-22(26)19(4)15-21/h8-12,14-15,23H,5-7,13,16-17H2,1-4H3,(H,27,30)/t23-/m0/s1. The third-order valence-electron chi connectivity index (χ3n) is 5.14. The minimum absolute atomic E-state index is 0.126. The van der Waals surface area contributed by atoms with Crippen molar-refractivity contribution >= 4 is 23.4 Å². The topological polar surface area (TPSA) is 58.6 Å². The molecule has 2 aromatic carbocycles. The van der Waals surface area contributed by atoms with Gasteiger partial charge in [0.15, 0.2) is 6.61 Å². The van der Waals surface area contributed by atoms with E-state index in [1.807, 2.05) is 45.0 Å². The molecule has 0 aliphatic rings. The van der Waals surface area contributed by atoms with Crippen molar-refractivity contribution in [1.82, 2.24) is 10.2 Å². The van der Waals surface area contributed by atoms with Crippen molar-refractivity contribution in [2.75, 3.05) is 13.2 Å². The molecule has 1 N–H and O–H groups in total. The van der Waals surface area contributed by atoms with Gasteiger partial charge in [0.25, 0.3) is 5.91 Å². The first-order valence-electron chi connectivity index (χ1n) is 10.9. The fourth-order valence-corrected chi connectivity index (χ4v) is 3.49. The maximum atomic E-state index is 13.2. The zero-order chi connectivity index (χ0) is 22.8. The summed E-state index contributed by atoms with van der Waals surface area (Å²) in [7, 11) is 0. The lowest BCUT2D eigenvalue weighted by Gasteiger charge is -2.30. The molecule has 0 heterocycles. The van der Waals surface area contributed by atoms with Crippen LogP contribution in [0.5, 0.6) is 5.75 Å². The highest BCUT2D eigenvalue weighted by atomic mass is 35.5. The molecule has 2 aromatic rings. The normalized spacial score (nSPS) is 11.6. The Morgan fingerprint density at radius 1 is 1.13 bits per heavy atom. The van der Waals surface area contributed by atoms with Crippen molar-refractivity contribution in [3.05, 3.63) is 64.2 Å². The Balaban J connectivity index is 2.18. The lowest BCUT2D eigenvalue weighted by Crippen LogP contribution is -2.50. The molecule has 0 bridgehead atoms. The Morgan fingerprint density at radius 3 is 2.55 bits per heavy atom. The number of carbonyl (C=O) groups is 2. The van der Waals surface area contributed by atoms with E-state index in [0.29, 0.717) is 30.3 Å². The third kappa shape index (κ3) is 7.59. The Labute approximate surface area is 190 Å². The van der Waals surface area contributed by atoms with E-state index < -0.39 is 6.04 Å². The first-order chi connectivity index (χ1) is 14.8. The van der Waals surface area contributed by atoms with E-state index in [-0.39, 0.29) is 18.4 Å². The molecule has 0 spiro atoms. The summed E-state index contributed by atoms with van der Waals surface area (Å²) in [5.74, 6) is 0.220. The van der Waals surface area contributed by atoms with Crippen LogP contribution >= 0.6 is 11.6 Å². The zero-order valence-corrected chi connectivity index (χ0v) is 19.7. The molecule has 2 rings (SSSR count). The van der Waals surface area contributed by atoms with Gasteiger partial charge in [-0.1, -0.05) is 61.7 Å². The van der Waals surface area contributed by atoms with Crippen LogP contribution in [0.25, 0.3) is 0 Å².